The zero-order chi connectivity index (χ0) is 14.1. The standard InChI is InChI=1S/C12H7N3O3S2/c16-11-7-3-1-2-4-8(7)19-9(11)5-13-12-14-6-10(20-12)15(17)18/h1-6H,(H,13,14)/b9-5-. The van der Waals surface area contributed by atoms with Gasteiger partial charge in [0.1, 0.15) is 6.20 Å². The highest BCUT2D eigenvalue weighted by atomic mass is 32.2. The van der Waals surface area contributed by atoms with Crippen LogP contribution < -0.4 is 5.32 Å². The Balaban J connectivity index is 1.78. The summed E-state index contributed by atoms with van der Waals surface area (Å²) in [7, 11) is 0. The monoisotopic (exact) mass is 305 g/mol. The van der Waals surface area contributed by atoms with Crippen molar-refractivity contribution in [3.8, 4) is 0 Å². The molecule has 1 N–H and O–H groups in total. The normalized spacial score (nSPS) is 15.4. The van der Waals surface area contributed by atoms with Crippen LogP contribution in [0.2, 0.25) is 0 Å². The summed E-state index contributed by atoms with van der Waals surface area (Å²) in [5.41, 5.74) is 0.677. The second-order valence-electron chi connectivity index (χ2n) is 3.84. The van der Waals surface area contributed by atoms with E-state index < -0.39 is 4.92 Å². The number of anilines is 1. The fourth-order valence-corrected chi connectivity index (χ4v) is 3.26. The van der Waals surface area contributed by atoms with Gasteiger partial charge in [-0.15, -0.1) is 0 Å². The molecular formula is C12H7N3O3S2. The van der Waals surface area contributed by atoms with Gasteiger partial charge >= 0.3 is 5.00 Å². The number of nitrogens with zero attached hydrogens (tertiary/aromatic N) is 2. The van der Waals surface area contributed by atoms with Gasteiger partial charge in [-0.3, -0.25) is 14.9 Å². The molecule has 0 saturated heterocycles. The molecule has 0 fully saturated rings. The van der Waals surface area contributed by atoms with Crippen LogP contribution in [0.25, 0.3) is 0 Å². The Hall–Kier alpha value is -2.19. The molecule has 20 heavy (non-hydrogen) atoms. The third kappa shape index (κ3) is 2.30. The van der Waals surface area contributed by atoms with Gasteiger partial charge in [-0.2, -0.15) is 0 Å². The predicted octanol–water partition coefficient (Wildman–Crippen LogP) is 3.29. The van der Waals surface area contributed by atoms with Crippen molar-refractivity contribution in [2.45, 2.75) is 4.90 Å². The van der Waals surface area contributed by atoms with Gasteiger partial charge in [0.25, 0.3) is 0 Å². The van der Waals surface area contributed by atoms with E-state index in [1.807, 2.05) is 18.2 Å². The molecule has 0 unspecified atom stereocenters. The summed E-state index contributed by atoms with van der Waals surface area (Å²) in [6.07, 6.45) is 2.72. The number of Topliss-reactive ketones (excluding diaryl/α,β-unsaturated/α-hetero) is 1. The van der Waals surface area contributed by atoms with E-state index in [0.717, 1.165) is 16.2 Å². The van der Waals surface area contributed by atoms with Crippen LogP contribution in [0, 0.1) is 10.1 Å². The second-order valence-corrected chi connectivity index (χ2v) is 5.93. The lowest BCUT2D eigenvalue weighted by molar-refractivity contribution is -0.380. The molecule has 2 heterocycles. The van der Waals surface area contributed by atoms with Crippen LogP contribution in [0.3, 0.4) is 0 Å². The molecule has 1 aromatic carbocycles. The Morgan fingerprint density at radius 2 is 2.15 bits per heavy atom. The van der Waals surface area contributed by atoms with Crippen LogP contribution in [0.1, 0.15) is 10.4 Å². The molecule has 100 valence electrons. The van der Waals surface area contributed by atoms with Gasteiger partial charge in [0.05, 0.1) is 9.83 Å². The number of aromatic nitrogens is 1. The first-order valence-electron chi connectivity index (χ1n) is 5.53. The third-order valence-corrected chi connectivity index (χ3v) is 4.55. The molecule has 0 atom stereocenters. The number of nitro groups is 1. The number of thiazole rings is 1. The molecule has 6 nitrogen and oxygen atoms in total. The van der Waals surface area contributed by atoms with Gasteiger partial charge in [-0.1, -0.05) is 23.9 Å². The molecule has 1 aromatic heterocycles. The van der Waals surface area contributed by atoms with E-state index in [1.165, 1.54) is 24.2 Å². The lowest BCUT2D eigenvalue weighted by Crippen LogP contribution is -1.96. The smallest absolute Gasteiger partial charge is 0.337 e. The van der Waals surface area contributed by atoms with E-state index in [0.29, 0.717) is 15.6 Å². The van der Waals surface area contributed by atoms with Crippen molar-refractivity contribution < 1.29 is 9.72 Å². The largest absolute Gasteiger partial charge is 0.345 e. The highest BCUT2D eigenvalue weighted by molar-refractivity contribution is 8.04. The molecule has 0 amide bonds. The molecule has 0 radical (unpaired) electrons. The quantitative estimate of drug-likeness (QED) is 0.532. The molecule has 1 aliphatic rings. The Morgan fingerprint density at radius 1 is 1.35 bits per heavy atom. The van der Waals surface area contributed by atoms with Crippen molar-refractivity contribution in [3.63, 3.8) is 0 Å². The summed E-state index contributed by atoms with van der Waals surface area (Å²) >= 11 is 2.29. The summed E-state index contributed by atoms with van der Waals surface area (Å²) in [5, 5.41) is 13.7. The topological polar surface area (TPSA) is 85.1 Å². The highest BCUT2D eigenvalue weighted by Gasteiger charge is 2.25. The minimum Gasteiger partial charge on any atom is -0.337 e. The number of hydrogen-bond donors (Lipinski definition) is 1. The van der Waals surface area contributed by atoms with Gasteiger partial charge < -0.3 is 5.32 Å². The summed E-state index contributed by atoms with van der Waals surface area (Å²) in [6, 6.07) is 7.35. The van der Waals surface area contributed by atoms with Gasteiger partial charge in [0.15, 0.2) is 5.13 Å². The minimum absolute atomic E-state index is 0.0420. The number of benzene rings is 1. The van der Waals surface area contributed by atoms with Crippen LogP contribution in [-0.2, 0) is 0 Å². The summed E-state index contributed by atoms with van der Waals surface area (Å²) in [6.45, 7) is 0. The van der Waals surface area contributed by atoms with Crippen molar-refractivity contribution >= 4 is 39.0 Å². The van der Waals surface area contributed by atoms with Crippen molar-refractivity contribution in [2.75, 3.05) is 5.32 Å². The fraction of sp³-hybridized carbons (Fsp3) is 0. The lowest BCUT2D eigenvalue weighted by Gasteiger charge is -1.95. The maximum atomic E-state index is 12.1. The predicted molar refractivity (Wildman–Crippen MR) is 77.1 cm³/mol. The van der Waals surface area contributed by atoms with Gasteiger partial charge in [0.2, 0.25) is 5.78 Å². The molecule has 3 rings (SSSR count). The number of allylic oxidation sites excluding steroid dienone is 1. The Morgan fingerprint density at radius 3 is 2.85 bits per heavy atom. The number of thioether (sulfide) groups is 1. The summed E-state index contributed by atoms with van der Waals surface area (Å²) in [5.74, 6) is -0.0517. The van der Waals surface area contributed by atoms with E-state index in [9.17, 15) is 14.9 Å². The molecule has 8 heteroatoms. The minimum atomic E-state index is -0.499. The molecular weight excluding hydrogens is 298 g/mol. The highest BCUT2D eigenvalue weighted by Crippen LogP contribution is 2.39. The van der Waals surface area contributed by atoms with Crippen LogP contribution in [0.15, 0.2) is 46.5 Å². The zero-order valence-corrected chi connectivity index (χ0v) is 11.5. The maximum Gasteiger partial charge on any atom is 0.345 e. The molecule has 1 aliphatic heterocycles. The lowest BCUT2D eigenvalue weighted by atomic mass is 10.1. The van der Waals surface area contributed by atoms with E-state index in [2.05, 4.69) is 10.3 Å². The van der Waals surface area contributed by atoms with E-state index >= 15 is 0 Å². The number of fused-ring (bicyclic) bond motifs is 1. The second kappa shape index (κ2) is 5.06. The molecule has 0 bridgehead atoms. The van der Waals surface area contributed by atoms with Gasteiger partial charge in [-0.05, 0) is 23.5 Å². The van der Waals surface area contributed by atoms with Crippen molar-refractivity contribution in [1.29, 1.82) is 0 Å². The van der Waals surface area contributed by atoms with Crippen LogP contribution >= 0.6 is 23.1 Å². The number of rotatable bonds is 3. The Kier molecular flexibility index (Phi) is 3.25. The van der Waals surface area contributed by atoms with E-state index in [1.54, 1.807) is 6.07 Å². The summed E-state index contributed by atoms with van der Waals surface area (Å²) in [4.78, 5) is 27.5. The average Bonchev–Trinajstić information content (AvgIpc) is 3.03. The number of carbonyl (C=O) groups is 1. The van der Waals surface area contributed by atoms with Crippen molar-refractivity contribution in [3.05, 3.63) is 57.2 Å². The number of hydrogen-bond acceptors (Lipinski definition) is 7. The van der Waals surface area contributed by atoms with Gasteiger partial charge in [0, 0.05) is 16.7 Å². The fourth-order valence-electron chi connectivity index (χ4n) is 1.68. The van der Waals surface area contributed by atoms with E-state index in [-0.39, 0.29) is 10.8 Å². The third-order valence-electron chi connectivity index (χ3n) is 2.58. The van der Waals surface area contributed by atoms with Crippen LogP contribution in [0.4, 0.5) is 10.1 Å². The Labute approximate surface area is 121 Å². The average molecular weight is 305 g/mol. The Bertz CT molecular complexity index is 739. The number of nitrogens with one attached hydrogen (secondary N) is 1. The molecule has 0 spiro atoms. The first-order chi connectivity index (χ1) is 9.65. The molecule has 0 saturated carbocycles. The summed E-state index contributed by atoms with van der Waals surface area (Å²) < 4.78 is 0. The maximum absolute atomic E-state index is 12.1. The number of carbonyl (C=O) groups excluding carboxylic acids is 1. The van der Waals surface area contributed by atoms with Gasteiger partial charge in [-0.25, -0.2) is 4.98 Å². The first-order valence-corrected chi connectivity index (χ1v) is 7.17. The zero-order valence-electron chi connectivity index (χ0n) is 9.90. The molecule has 0 aliphatic carbocycles. The van der Waals surface area contributed by atoms with Crippen LogP contribution in [-0.4, -0.2) is 15.7 Å². The van der Waals surface area contributed by atoms with E-state index in [4.69, 9.17) is 0 Å². The van der Waals surface area contributed by atoms with Crippen molar-refractivity contribution in [1.82, 2.24) is 4.98 Å². The molecule has 2 aromatic rings. The number of ketones is 1. The van der Waals surface area contributed by atoms with Crippen LogP contribution in [0.5, 0.6) is 0 Å². The first kappa shape index (κ1) is 12.8. The van der Waals surface area contributed by atoms with Crippen molar-refractivity contribution in [2.24, 2.45) is 0 Å². The SMILES string of the molecule is O=C1/C(=C/Nc2ncc([N+](=O)[O-])s2)Sc2ccccc21.